The van der Waals surface area contributed by atoms with Crippen molar-refractivity contribution in [3.63, 3.8) is 0 Å². The number of carbonyl (C=O) groups is 1. The van der Waals surface area contributed by atoms with E-state index in [-0.39, 0.29) is 35.8 Å². The predicted molar refractivity (Wildman–Crippen MR) is 92.4 cm³/mol. The van der Waals surface area contributed by atoms with E-state index < -0.39 is 11.9 Å². The minimum absolute atomic E-state index is 0.113. The van der Waals surface area contributed by atoms with Crippen molar-refractivity contribution >= 4 is 17.7 Å². The SMILES string of the molecule is COC(=O)CC1CC2CC1CN2c1cc(C(F)(F)F)nc(N2CC[C@@H]2C)n1. The number of aromatic nitrogens is 2. The number of fused-ring (bicyclic) bond motifs is 2. The number of rotatable bonds is 4. The Morgan fingerprint density at radius 1 is 1.30 bits per heavy atom. The molecule has 1 saturated carbocycles. The molecule has 0 aromatic carbocycles. The third kappa shape index (κ3) is 3.32. The number of halogens is 3. The second kappa shape index (κ2) is 6.53. The molecule has 1 aromatic heterocycles. The molecule has 2 saturated heterocycles. The standard InChI is InChI=1S/C18H23F3N4O2/c1-10-3-4-24(10)17-22-14(18(19,20)21)8-15(23-17)25-9-12-6-13(25)5-11(12)7-16(26)27-2/h8,10-13H,3-7,9H2,1-2H3/t10-,11?,12?,13?/m0/s1. The Labute approximate surface area is 155 Å². The zero-order valence-corrected chi connectivity index (χ0v) is 15.4. The number of hydrogen-bond donors (Lipinski definition) is 0. The van der Waals surface area contributed by atoms with Gasteiger partial charge in [0.1, 0.15) is 5.82 Å². The number of hydrogen-bond acceptors (Lipinski definition) is 6. The Morgan fingerprint density at radius 2 is 2.07 bits per heavy atom. The average molecular weight is 384 g/mol. The average Bonchev–Trinajstić information content (AvgIpc) is 3.19. The number of esters is 1. The van der Waals surface area contributed by atoms with Crippen LogP contribution in [0.3, 0.4) is 0 Å². The van der Waals surface area contributed by atoms with E-state index in [0.29, 0.717) is 25.3 Å². The fourth-order valence-electron chi connectivity index (χ4n) is 4.54. The molecule has 27 heavy (non-hydrogen) atoms. The highest BCUT2D eigenvalue weighted by Gasteiger charge is 2.46. The largest absolute Gasteiger partial charge is 0.469 e. The molecule has 148 valence electrons. The van der Waals surface area contributed by atoms with Gasteiger partial charge in [0, 0.05) is 37.7 Å². The fourth-order valence-corrected chi connectivity index (χ4v) is 4.54. The summed E-state index contributed by atoms with van der Waals surface area (Å²) in [5.41, 5.74) is -0.893. The van der Waals surface area contributed by atoms with Gasteiger partial charge in [-0.3, -0.25) is 4.79 Å². The van der Waals surface area contributed by atoms with Gasteiger partial charge in [0.05, 0.1) is 7.11 Å². The fraction of sp³-hybridized carbons (Fsp3) is 0.722. The van der Waals surface area contributed by atoms with Crippen LogP contribution in [-0.4, -0.2) is 48.2 Å². The molecule has 3 heterocycles. The first-order chi connectivity index (χ1) is 12.8. The van der Waals surface area contributed by atoms with Crippen LogP contribution in [0.25, 0.3) is 0 Å². The van der Waals surface area contributed by atoms with Crippen molar-refractivity contribution in [3.05, 3.63) is 11.8 Å². The lowest BCUT2D eigenvalue weighted by molar-refractivity contribution is -0.142. The normalized spacial score (nSPS) is 29.8. The number of anilines is 2. The predicted octanol–water partition coefficient (Wildman–Crippen LogP) is 2.87. The van der Waals surface area contributed by atoms with Crippen molar-refractivity contribution < 1.29 is 22.7 Å². The lowest BCUT2D eigenvalue weighted by Gasteiger charge is -2.39. The molecular formula is C18H23F3N4O2. The molecule has 0 radical (unpaired) electrons. The number of piperidine rings is 1. The van der Waals surface area contributed by atoms with E-state index in [9.17, 15) is 18.0 Å². The highest BCUT2D eigenvalue weighted by Crippen LogP contribution is 2.46. The molecule has 1 aromatic rings. The first-order valence-corrected chi connectivity index (χ1v) is 9.32. The molecule has 0 spiro atoms. The van der Waals surface area contributed by atoms with Crippen molar-refractivity contribution in [2.24, 2.45) is 11.8 Å². The molecular weight excluding hydrogens is 361 g/mol. The summed E-state index contributed by atoms with van der Waals surface area (Å²) in [4.78, 5) is 23.6. The smallest absolute Gasteiger partial charge is 0.433 e. The van der Waals surface area contributed by atoms with Gasteiger partial charge in [0.15, 0.2) is 5.69 Å². The van der Waals surface area contributed by atoms with Crippen molar-refractivity contribution in [1.29, 1.82) is 0 Å². The summed E-state index contributed by atoms with van der Waals surface area (Å²) in [7, 11) is 1.37. The van der Waals surface area contributed by atoms with Crippen LogP contribution in [0.1, 0.15) is 38.3 Å². The van der Waals surface area contributed by atoms with Crippen LogP contribution in [0.5, 0.6) is 0 Å². The summed E-state index contributed by atoms with van der Waals surface area (Å²) < 4.78 is 44.9. The third-order valence-corrected chi connectivity index (χ3v) is 6.21. The molecule has 3 fully saturated rings. The highest BCUT2D eigenvalue weighted by molar-refractivity contribution is 5.69. The molecule has 3 unspecified atom stereocenters. The lowest BCUT2D eigenvalue weighted by Crippen LogP contribution is -2.47. The van der Waals surface area contributed by atoms with E-state index in [4.69, 9.17) is 4.74 Å². The maximum Gasteiger partial charge on any atom is 0.433 e. The Bertz CT molecular complexity index is 742. The first kappa shape index (κ1) is 18.3. The molecule has 2 aliphatic heterocycles. The van der Waals surface area contributed by atoms with Crippen molar-refractivity contribution in [2.45, 2.75) is 50.9 Å². The van der Waals surface area contributed by atoms with Gasteiger partial charge in [0.2, 0.25) is 5.95 Å². The van der Waals surface area contributed by atoms with Gasteiger partial charge in [-0.15, -0.1) is 0 Å². The zero-order valence-electron chi connectivity index (χ0n) is 15.4. The molecule has 9 heteroatoms. The van der Waals surface area contributed by atoms with E-state index in [1.807, 2.05) is 16.7 Å². The lowest BCUT2D eigenvalue weighted by atomic mass is 9.91. The molecule has 1 aliphatic carbocycles. The number of carbonyl (C=O) groups excluding carboxylic acids is 1. The summed E-state index contributed by atoms with van der Waals surface area (Å²) in [5.74, 6) is 0.791. The maximum absolute atomic E-state index is 13.4. The van der Waals surface area contributed by atoms with Crippen LogP contribution in [0.15, 0.2) is 6.07 Å². The Morgan fingerprint density at radius 3 is 2.59 bits per heavy atom. The van der Waals surface area contributed by atoms with Crippen molar-refractivity contribution in [1.82, 2.24) is 9.97 Å². The van der Waals surface area contributed by atoms with E-state index in [0.717, 1.165) is 25.3 Å². The molecule has 6 nitrogen and oxygen atoms in total. The third-order valence-electron chi connectivity index (χ3n) is 6.21. The number of methoxy groups -OCH3 is 1. The second-order valence-electron chi connectivity index (χ2n) is 7.82. The topological polar surface area (TPSA) is 58.6 Å². The zero-order chi connectivity index (χ0) is 19.3. The van der Waals surface area contributed by atoms with Crippen molar-refractivity contribution in [3.8, 4) is 0 Å². The maximum atomic E-state index is 13.4. The van der Waals surface area contributed by atoms with Gasteiger partial charge in [-0.05, 0) is 38.0 Å². The van der Waals surface area contributed by atoms with Gasteiger partial charge in [-0.1, -0.05) is 0 Å². The summed E-state index contributed by atoms with van der Waals surface area (Å²) in [6, 6.07) is 1.33. The van der Waals surface area contributed by atoms with Gasteiger partial charge in [-0.2, -0.15) is 18.2 Å². The van der Waals surface area contributed by atoms with Crippen LogP contribution in [0, 0.1) is 11.8 Å². The summed E-state index contributed by atoms with van der Waals surface area (Å²) in [6.45, 7) is 3.26. The van der Waals surface area contributed by atoms with E-state index in [1.165, 1.54) is 7.11 Å². The minimum Gasteiger partial charge on any atom is -0.469 e. The van der Waals surface area contributed by atoms with Gasteiger partial charge in [0.25, 0.3) is 0 Å². The van der Waals surface area contributed by atoms with Gasteiger partial charge in [-0.25, -0.2) is 4.98 Å². The Kier molecular flexibility index (Phi) is 4.43. The molecule has 2 bridgehead atoms. The van der Waals surface area contributed by atoms with Crippen LogP contribution < -0.4 is 9.80 Å². The van der Waals surface area contributed by atoms with Crippen LogP contribution >= 0.6 is 0 Å². The number of alkyl halides is 3. The minimum atomic E-state index is -4.51. The van der Waals surface area contributed by atoms with Gasteiger partial charge >= 0.3 is 12.1 Å². The molecule has 4 rings (SSSR count). The first-order valence-electron chi connectivity index (χ1n) is 9.32. The van der Waals surface area contributed by atoms with E-state index in [2.05, 4.69) is 9.97 Å². The van der Waals surface area contributed by atoms with Crippen molar-refractivity contribution in [2.75, 3.05) is 30.0 Å². The Hall–Kier alpha value is -2.06. The van der Waals surface area contributed by atoms with Crippen LogP contribution in [-0.2, 0) is 15.7 Å². The number of nitrogens with zero attached hydrogens (tertiary/aromatic N) is 4. The van der Waals surface area contributed by atoms with Crippen LogP contribution in [0.2, 0.25) is 0 Å². The summed E-state index contributed by atoms with van der Waals surface area (Å²) >= 11 is 0. The summed E-state index contributed by atoms with van der Waals surface area (Å²) in [6.07, 6.45) is -1.55. The van der Waals surface area contributed by atoms with E-state index in [1.54, 1.807) is 0 Å². The number of ether oxygens (including phenoxy) is 1. The molecule has 0 amide bonds. The molecule has 0 N–H and O–H groups in total. The Balaban J connectivity index is 1.58. The van der Waals surface area contributed by atoms with Gasteiger partial charge < -0.3 is 14.5 Å². The highest BCUT2D eigenvalue weighted by atomic mass is 19.4. The molecule has 3 aliphatic rings. The monoisotopic (exact) mass is 384 g/mol. The quantitative estimate of drug-likeness (QED) is 0.744. The van der Waals surface area contributed by atoms with E-state index >= 15 is 0 Å². The van der Waals surface area contributed by atoms with Crippen LogP contribution in [0.4, 0.5) is 24.9 Å². The molecule has 4 atom stereocenters. The summed E-state index contributed by atoms with van der Waals surface area (Å²) in [5, 5.41) is 0. The second-order valence-corrected chi connectivity index (χ2v) is 7.82.